The quantitative estimate of drug-likeness (QED) is 0.301. The fourth-order valence-corrected chi connectivity index (χ4v) is 5.28. The molecule has 43 heavy (non-hydrogen) atoms. The Morgan fingerprint density at radius 3 is 2.44 bits per heavy atom. The van der Waals surface area contributed by atoms with Gasteiger partial charge in [0.05, 0.1) is 25.2 Å². The molecule has 1 aliphatic rings. The Hall–Kier alpha value is -4.77. The molecule has 0 saturated carbocycles. The maximum Gasteiger partial charge on any atom is 0.415 e. The van der Waals surface area contributed by atoms with Crippen LogP contribution in [0.3, 0.4) is 0 Å². The van der Waals surface area contributed by atoms with Crippen molar-refractivity contribution in [1.82, 2.24) is 24.8 Å². The SMILES string of the molecule is COc1ccc(OC(=O)N2CCN(C(=O)[C@H](N)CCc3ccccc3)[C@H](C(=O)CCc3ccc4c(c3)nnn4C)C2)cc1. The molecule has 2 N–H and O–H groups in total. The Bertz CT molecular complexity index is 1570. The Balaban J connectivity index is 1.28. The molecule has 2 amide bonds. The van der Waals surface area contributed by atoms with Crippen LogP contribution in [0.4, 0.5) is 4.79 Å². The van der Waals surface area contributed by atoms with E-state index in [1.54, 1.807) is 41.0 Å². The summed E-state index contributed by atoms with van der Waals surface area (Å²) in [7, 11) is 3.38. The van der Waals surface area contributed by atoms with Crippen molar-refractivity contribution in [2.45, 2.75) is 37.8 Å². The van der Waals surface area contributed by atoms with Gasteiger partial charge in [-0.15, -0.1) is 5.10 Å². The van der Waals surface area contributed by atoms with Gasteiger partial charge in [-0.1, -0.05) is 41.6 Å². The van der Waals surface area contributed by atoms with Crippen molar-refractivity contribution in [1.29, 1.82) is 0 Å². The minimum Gasteiger partial charge on any atom is -0.497 e. The van der Waals surface area contributed by atoms with Crippen LogP contribution in [0.15, 0.2) is 72.8 Å². The van der Waals surface area contributed by atoms with Gasteiger partial charge in [0, 0.05) is 26.6 Å². The zero-order valence-electron chi connectivity index (χ0n) is 24.4. The lowest BCUT2D eigenvalue weighted by atomic mass is 9.98. The number of ether oxygens (including phenoxy) is 2. The van der Waals surface area contributed by atoms with Gasteiger partial charge in [0.1, 0.15) is 23.1 Å². The standard InChI is InChI=1S/C32H36N6O5/c1-36-28-16-9-23(20-27(28)34-35-36)10-17-30(39)29-21-37(32(41)43-25-13-11-24(42-2)12-14-25)18-19-38(29)31(40)26(33)15-8-22-6-4-3-5-7-22/h3-7,9,11-14,16,20,26,29H,8,10,15,17-19,21,33H2,1-2H3/t26-,29+/m1/s1. The number of benzene rings is 3. The summed E-state index contributed by atoms with van der Waals surface area (Å²) >= 11 is 0. The minimum atomic E-state index is -0.840. The molecule has 0 radical (unpaired) electrons. The highest BCUT2D eigenvalue weighted by Crippen LogP contribution is 2.21. The number of ketones is 1. The molecule has 5 rings (SSSR count). The summed E-state index contributed by atoms with van der Waals surface area (Å²) in [6, 6.07) is 20.7. The van der Waals surface area contributed by atoms with E-state index in [2.05, 4.69) is 10.3 Å². The molecule has 11 nitrogen and oxygen atoms in total. The van der Waals surface area contributed by atoms with Crippen LogP contribution < -0.4 is 15.2 Å². The maximum atomic E-state index is 13.7. The predicted octanol–water partition coefficient (Wildman–Crippen LogP) is 3.15. The molecule has 3 aromatic carbocycles. The van der Waals surface area contributed by atoms with E-state index in [-0.39, 0.29) is 37.7 Å². The lowest BCUT2D eigenvalue weighted by molar-refractivity contribution is -0.143. The second-order valence-corrected chi connectivity index (χ2v) is 10.7. The summed E-state index contributed by atoms with van der Waals surface area (Å²) in [5.41, 5.74) is 10.0. The van der Waals surface area contributed by atoms with E-state index in [0.29, 0.717) is 30.8 Å². The first-order valence-electron chi connectivity index (χ1n) is 14.3. The number of hydrogen-bond acceptors (Lipinski definition) is 8. The Kier molecular flexibility index (Phi) is 9.31. The van der Waals surface area contributed by atoms with Gasteiger partial charge in [-0.25, -0.2) is 9.48 Å². The van der Waals surface area contributed by atoms with Crippen LogP contribution in [0, 0.1) is 0 Å². The minimum absolute atomic E-state index is 0.0220. The van der Waals surface area contributed by atoms with Gasteiger partial charge >= 0.3 is 6.09 Å². The van der Waals surface area contributed by atoms with Crippen LogP contribution in [0.1, 0.15) is 24.0 Å². The van der Waals surface area contributed by atoms with Crippen molar-refractivity contribution in [3.8, 4) is 11.5 Å². The third kappa shape index (κ3) is 7.18. The Morgan fingerprint density at radius 1 is 0.953 bits per heavy atom. The third-order valence-corrected chi connectivity index (χ3v) is 7.80. The molecule has 11 heteroatoms. The van der Waals surface area contributed by atoms with E-state index < -0.39 is 18.2 Å². The normalized spacial score (nSPS) is 15.7. The lowest BCUT2D eigenvalue weighted by Gasteiger charge is -2.41. The fourth-order valence-electron chi connectivity index (χ4n) is 5.28. The van der Waals surface area contributed by atoms with E-state index in [4.69, 9.17) is 15.2 Å². The largest absolute Gasteiger partial charge is 0.497 e. The molecule has 1 saturated heterocycles. The second kappa shape index (κ2) is 13.5. The molecule has 4 aromatic rings. The first kappa shape index (κ1) is 29.7. The summed E-state index contributed by atoms with van der Waals surface area (Å²) < 4.78 is 12.4. The smallest absolute Gasteiger partial charge is 0.415 e. The molecule has 2 heterocycles. The highest BCUT2D eigenvalue weighted by atomic mass is 16.6. The number of methoxy groups -OCH3 is 1. The number of piperazine rings is 1. The Labute approximate surface area is 250 Å². The topological polar surface area (TPSA) is 133 Å². The van der Waals surface area contributed by atoms with Crippen molar-refractivity contribution < 1.29 is 23.9 Å². The second-order valence-electron chi connectivity index (χ2n) is 10.7. The van der Waals surface area contributed by atoms with Crippen LogP contribution in [0.5, 0.6) is 11.5 Å². The van der Waals surface area contributed by atoms with E-state index in [0.717, 1.165) is 22.2 Å². The average Bonchev–Trinajstić information content (AvgIpc) is 3.42. The van der Waals surface area contributed by atoms with Gasteiger partial charge in [0.2, 0.25) is 5.91 Å². The number of nitrogens with zero attached hydrogens (tertiary/aromatic N) is 5. The van der Waals surface area contributed by atoms with E-state index in [1.807, 2.05) is 55.6 Å². The fraction of sp³-hybridized carbons (Fsp3) is 0.344. The number of aryl methyl sites for hydroxylation is 3. The van der Waals surface area contributed by atoms with Gasteiger partial charge in [0.25, 0.3) is 0 Å². The molecule has 0 spiro atoms. The van der Waals surface area contributed by atoms with Crippen LogP contribution in [0.25, 0.3) is 11.0 Å². The van der Waals surface area contributed by atoms with Crippen LogP contribution in [0.2, 0.25) is 0 Å². The zero-order chi connectivity index (χ0) is 30.3. The van der Waals surface area contributed by atoms with Gasteiger partial charge in [0.15, 0.2) is 5.78 Å². The van der Waals surface area contributed by atoms with Gasteiger partial charge < -0.3 is 25.0 Å². The summed E-state index contributed by atoms with van der Waals surface area (Å²) in [4.78, 5) is 43.4. The highest BCUT2D eigenvalue weighted by Gasteiger charge is 2.38. The lowest BCUT2D eigenvalue weighted by Crippen LogP contribution is -2.62. The molecule has 1 fully saturated rings. The van der Waals surface area contributed by atoms with Crippen molar-refractivity contribution in [2.75, 3.05) is 26.7 Å². The van der Waals surface area contributed by atoms with Gasteiger partial charge in [-0.05, 0) is 66.8 Å². The third-order valence-electron chi connectivity index (χ3n) is 7.80. The molecule has 0 bridgehead atoms. The van der Waals surface area contributed by atoms with Crippen molar-refractivity contribution in [2.24, 2.45) is 12.8 Å². The van der Waals surface area contributed by atoms with E-state index in [9.17, 15) is 14.4 Å². The summed E-state index contributed by atoms with van der Waals surface area (Å²) in [6.45, 7) is 0.422. The summed E-state index contributed by atoms with van der Waals surface area (Å²) in [5.74, 6) is 0.553. The average molecular weight is 585 g/mol. The number of carbonyl (C=O) groups is 3. The number of fused-ring (bicyclic) bond motifs is 1. The summed E-state index contributed by atoms with van der Waals surface area (Å²) in [5, 5.41) is 8.20. The molecule has 1 aromatic heterocycles. The van der Waals surface area contributed by atoms with Crippen molar-refractivity contribution >= 4 is 28.8 Å². The van der Waals surface area contributed by atoms with Crippen LogP contribution >= 0.6 is 0 Å². The molecule has 0 aliphatic carbocycles. The number of Topliss-reactive ketones (excluding diaryl/α,β-unsaturated/α-hetero) is 1. The maximum absolute atomic E-state index is 13.7. The monoisotopic (exact) mass is 584 g/mol. The van der Waals surface area contributed by atoms with Crippen LogP contribution in [-0.2, 0) is 29.5 Å². The Morgan fingerprint density at radius 2 is 1.70 bits per heavy atom. The molecule has 0 unspecified atom stereocenters. The van der Waals surface area contributed by atoms with E-state index >= 15 is 0 Å². The van der Waals surface area contributed by atoms with Gasteiger partial charge in [-0.2, -0.15) is 0 Å². The number of rotatable bonds is 10. The van der Waals surface area contributed by atoms with Crippen molar-refractivity contribution in [3.63, 3.8) is 0 Å². The number of aromatic nitrogens is 3. The summed E-state index contributed by atoms with van der Waals surface area (Å²) in [6.07, 6.45) is 1.14. The van der Waals surface area contributed by atoms with Crippen LogP contribution in [-0.4, -0.2) is 81.4 Å². The van der Waals surface area contributed by atoms with Gasteiger partial charge in [-0.3, -0.25) is 9.59 Å². The zero-order valence-corrected chi connectivity index (χ0v) is 24.4. The first-order valence-corrected chi connectivity index (χ1v) is 14.3. The molecule has 224 valence electrons. The molecular formula is C32H36N6O5. The first-order chi connectivity index (χ1) is 20.8. The van der Waals surface area contributed by atoms with Crippen molar-refractivity contribution in [3.05, 3.63) is 83.9 Å². The molecule has 2 atom stereocenters. The number of hydrogen-bond donors (Lipinski definition) is 1. The molecule has 1 aliphatic heterocycles. The highest BCUT2D eigenvalue weighted by molar-refractivity contribution is 5.92. The predicted molar refractivity (Wildman–Crippen MR) is 161 cm³/mol. The number of carbonyl (C=O) groups excluding carboxylic acids is 3. The number of amides is 2. The molecular weight excluding hydrogens is 548 g/mol. The van der Waals surface area contributed by atoms with E-state index in [1.165, 1.54) is 4.90 Å². The number of nitrogens with two attached hydrogens (primary N) is 1.